The van der Waals surface area contributed by atoms with Crippen LogP contribution in [0.3, 0.4) is 0 Å². The van der Waals surface area contributed by atoms with E-state index in [2.05, 4.69) is 6.92 Å². The highest BCUT2D eigenvalue weighted by Gasteiger charge is 2.53. The third-order valence-corrected chi connectivity index (χ3v) is 9.84. The molecule has 7 heteroatoms. The molecule has 3 N–H and O–H groups in total. The fourth-order valence-corrected chi connectivity index (χ4v) is 7.98. The van der Waals surface area contributed by atoms with Crippen molar-refractivity contribution in [3.63, 3.8) is 0 Å². The van der Waals surface area contributed by atoms with Gasteiger partial charge in [0.15, 0.2) is 0 Å². The lowest BCUT2D eigenvalue weighted by Crippen LogP contribution is -2.46. The highest BCUT2D eigenvalue weighted by molar-refractivity contribution is 7.89. The number of benzene rings is 1. The predicted octanol–water partition coefficient (Wildman–Crippen LogP) is 4.14. The van der Waals surface area contributed by atoms with Crippen molar-refractivity contribution in [3.8, 4) is 0 Å². The number of nitrogens with two attached hydrogens (primary N) is 1. The predicted molar refractivity (Wildman–Crippen MR) is 120 cm³/mol. The average molecular weight is 460 g/mol. The Balaban J connectivity index is 1.33. The maximum Gasteiger partial charge on any atom is 0.340 e. The Kier molecular flexibility index (Phi) is 5.30. The SMILES string of the molecule is C[C@@]12CCCC1C1CCC3=CC(O)(OC(=O)c4cccc(S(N)(=O)=O)c4)CCC3C1CC2. The van der Waals surface area contributed by atoms with Crippen molar-refractivity contribution in [1.29, 1.82) is 0 Å². The van der Waals surface area contributed by atoms with Crippen LogP contribution in [0.5, 0.6) is 0 Å². The summed E-state index contributed by atoms with van der Waals surface area (Å²) in [6, 6.07) is 5.42. The fourth-order valence-electron chi connectivity index (χ4n) is 7.42. The number of allylic oxidation sites excluding steroid dienone is 1. The van der Waals surface area contributed by atoms with E-state index in [0.29, 0.717) is 23.7 Å². The summed E-state index contributed by atoms with van der Waals surface area (Å²) in [6.07, 6.45) is 11.7. The number of fused-ring (bicyclic) bond motifs is 5. The Morgan fingerprint density at radius 1 is 1.12 bits per heavy atom. The number of carbonyl (C=O) groups excluding carboxylic acids is 1. The zero-order valence-corrected chi connectivity index (χ0v) is 19.4. The number of esters is 1. The summed E-state index contributed by atoms with van der Waals surface area (Å²) >= 11 is 0. The first-order chi connectivity index (χ1) is 15.1. The van der Waals surface area contributed by atoms with Crippen molar-refractivity contribution in [1.82, 2.24) is 0 Å². The van der Waals surface area contributed by atoms with Crippen LogP contribution in [0.2, 0.25) is 0 Å². The second kappa shape index (κ2) is 7.67. The monoisotopic (exact) mass is 459 g/mol. The number of primary sulfonamides is 1. The van der Waals surface area contributed by atoms with Crippen molar-refractivity contribution in [2.24, 2.45) is 34.2 Å². The third-order valence-electron chi connectivity index (χ3n) is 8.93. The van der Waals surface area contributed by atoms with E-state index in [-0.39, 0.29) is 10.5 Å². The van der Waals surface area contributed by atoms with E-state index in [1.54, 1.807) is 6.08 Å². The first-order valence-electron chi connectivity index (χ1n) is 11.9. The summed E-state index contributed by atoms with van der Waals surface area (Å²) in [7, 11) is -3.93. The Morgan fingerprint density at radius 2 is 1.94 bits per heavy atom. The first kappa shape index (κ1) is 22.1. The molecule has 3 fully saturated rings. The Morgan fingerprint density at radius 3 is 2.72 bits per heavy atom. The third kappa shape index (κ3) is 3.82. The van der Waals surface area contributed by atoms with Gasteiger partial charge in [0.05, 0.1) is 10.5 Å². The van der Waals surface area contributed by atoms with Crippen LogP contribution in [0.15, 0.2) is 40.8 Å². The molecule has 0 aromatic heterocycles. The van der Waals surface area contributed by atoms with Gasteiger partial charge in [-0.3, -0.25) is 0 Å². The molecule has 4 aliphatic rings. The molecule has 5 rings (SSSR count). The maximum atomic E-state index is 12.7. The quantitative estimate of drug-likeness (QED) is 0.401. The van der Waals surface area contributed by atoms with E-state index < -0.39 is 21.8 Å². The number of ether oxygens (including phenoxy) is 1. The molecule has 0 aliphatic heterocycles. The normalized spacial score (nSPS) is 38.8. The Bertz CT molecular complexity index is 1070. The van der Waals surface area contributed by atoms with Crippen LogP contribution in [0.25, 0.3) is 0 Å². The van der Waals surface area contributed by atoms with Gasteiger partial charge in [-0.2, -0.15) is 0 Å². The topological polar surface area (TPSA) is 107 Å². The van der Waals surface area contributed by atoms with E-state index in [1.165, 1.54) is 61.9 Å². The summed E-state index contributed by atoms with van der Waals surface area (Å²) in [5.41, 5.74) is 1.81. The molecule has 32 heavy (non-hydrogen) atoms. The molecule has 0 saturated heterocycles. The van der Waals surface area contributed by atoms with Crippen molar-refractivity contribution >= 4 is 16.0 Å². The van der Waals surface area contributed by atoms with Gasteiger partial charge in [0, 0.05) is 6.42 Å². The molecule has 0 spiro atoms. The second-order valence-electron chi connectivity index (χ2n) is 10.7. The number of hydrogen-bond acceptors (Lipinski definition) is 5. The minimum Gasteiger partial charge on any atom is -0.426 e. The van der Waals surface area contributed by atoms with Crippen molar-refractivity contribution < 1.29 is 23.1 Å². The molecule has 0 amide bonds. The molecule has 0 bridgehead atoms. The zero-order chi connectivity index (χ0) is 22.7. The Labute approximate surface area is 190 Å². The van der Waals surface area contributed by atoms with E-state index >= 15 is 0 Å². The molecule has 1 aromatic carbocycles. The highest BCUT2D eigenvalue weighted by atomic mass is 32.2. The Hall–Kier alpha value is -1.70. The minimum absolute atomic E-state index is 0.0574. The van der Waals surface area contributed by atoms with Crippen LogP contribution < -0.4 is 5.14 Å². The van der Waals surface area contributed by atoms with Gasteiger partial charge in [-0.15, -0.1) is 0 Å². The minimum atomic E-state index is -3.93. The molecular weight excluding hydrogens is 426 g/mol. The number of hydrogen-bond donors (Lipinski definition) is 2. The summed E-state index contributed by atoms with van der Waals surface area (Å²) in [4.78, 5) is 12.5. The molecule has 5 unspecified atom stereocenters. The van der Waals surface area contributed by atoms with Crippen molar-refractivity contribution in [2.45, 2.75) is 75.4 Å². The number of rotatable bonds is 3. The van der Waals surface area contributed by atoms with E-state index in [1.807, 2.05) is 0 Å². The summed E-state index contributed by atoms with van der Waals surface area (Å²) in [6.45, 7) is 2.50. The van der Waals surface area contributed by atoms with Gasteiger partial charge in [0.25, 0.3) is 0 Å². The summed E-state index contributed by atoms with van der Waals surface area (Å²) < 4.78 is 28.7. The highest BCUT2D eigenvalue weighted by Crippen LogP contribution is 2.62. The van der Waals surface area contributed by atoms with Gasteiger partial charge in [-0.25, -0.2) is 18.4 Å². The van der Waals surface area contributed by atoms with Crippen LogP contribution in [0.1, 0.15) is 75.1 Å². The van der Waals surface area contributed by atoms with Crippen LogP contribution in [0, 0.1) is 29.1 Å². The van der Waals surface area contributed by atoms with Crippen LogP contribution in [0.4, 0.5) is 0 Å². The van der Waals surface area contributed by atoms with Crippen molar-refractivity contribution in [2.75, 3.05) is 0 Å². The fraction of sp³-hybridized carbons (Fsp3) is 0.640. The molecule has 0 heterocycles. The van der Waals surface area contributed by atoms with Crippen molar-refractivity contribution in [3.05, 3.63) is 41.5 Å². The van der Waals surface area contributed by atoms with E-state index in [0.717, 1.165) is 31.1 Å². The number of sulfonamides is 1. The smallest absolute Gasteiger partial charge is 0.340 e. The molecular formula is C25H33NO5S. The van der Waals surface area contributed by atoms with Gasteiger partial charge in [-0.1, -0.05) is 25.0 Å². The lowest BCUT2D eigenvalue weighted by Gasteiger charge is -2.53. The molecule has 6 atom stereocenters. The number of aliphatic hydroxyl groups is 1. The molecule has 174 valence electrons. The molecule has 6 nitrogen and oxygen atoms in total. The zero-order valence-electron chi connectivity index (χ0n) is 18.6. The van der Waals surface area contributed by atoms with Gasteiger partial charge in [-0.05, 0) is 98.3 Å². The van der Waals surface area contributed by atoms with E-state index in [4.69, 9.17) is 9.88 Å². The standard InChI is InChI=1S/C25H33NO5S/c1-24-11-3-6-22(24)21-8-7-17-15-25(28,13-10-19(17)20(21)9-12-24)31-23(27)16-4-2-5-18(14-16)32(26,29)30/h2,4-5,14-15,19-22,28H,3,6-13H2,1H3,(H2,26,29,30)/t19?,20?,21?,22?,24-,25?/m0/s1. The second-order valence-corrected chi connectivity index (χ2v) is 12.3. The lowest BCUT2D eigenvalue weighted by molar-refractivity contribution is -0.143. The molecule has 0 radical (unpaired) electrons. The molecule has 1 aromatic rings. The van der Waals surface area contributed by atoms with Crippen LogP contribution >= 0.6 is 0 Å². The van der Waals surface area contributed by atoms with Gasteiger partial charge < -0.3 is 9.84 Å². The average Bonchev–Trinajstić information content (AvgIpc) is 3.14. The maximum absolute atomic E-state index is 12.7. The van der Waals surface area contributed by atoms with Gasteiger partial charge >= 0.3 is 5.97 Å². The van der Waals surface area contributed by atoms with Crippen LogP contribution in [-0.2, 0) is 14.8 Å². The van der Waals surface area contributed by atoms with Gasteiger partial charge in [0.2, 0.25) is 15.8 Å². The largest absolute Gasteiger partial charge is 0.426 e. The molecule has 3 saturated carbocycles. The number of carbonyl (C=O) groups is 1. The van der Waals surface area contributed by atoms with Crippen LogP contribution in [-0.4, -0.2) is 25.3 Å². The summed E-state index contributed by atoms with van der Waals surface area (Å²) in [5.74, 6) is 0.382. The lowest BCUT2D eigenvalue weighted by atomic mass is 9.52. The van der Waals surface area contributed by atoms with Gasteiger partial charge in [0.1, 0.15) is 0 Å². The molecule has 4 aliphatic carbocycles. The summed E-state index contributed by atoms with van der Waals surface area (Å²) in [5, 5.41) is 16.3. The first-order valence-corrected chi connectivity index (χ1v) is 13.4. The van der Waals surface area contributed by atoms with E-state index in [9.17, 15) is 18.3 Å².